The fourth-order valence-corrected chi connectivity index (χ4v) is 2.81. The lowest BCUT2D eigenvalue weighted by Gasteiger charge is -2.06. The van der Waals surface area contributed by atoms with Gasteiger partial charge in [-0.2, -0.15) is 0 Å². The zero-order chi connectivity index (χ0) is 19.3. The summed E-state index contributed by atoms with van der Waals surface area (Å²) in [5.41, 5.74) is 2.38. The van der Waals surface area contributed by atoms with E-state index in [1.165, 1.54) is 10.9 Å². The molecule has 8 heteroatoms. The molecular weight excluding hydrogens is 358 g/mol. The molecule has 0 aliphatic carbocycles. The average molecular weight is 375 g/mol. The van der Waals surface area contributed by atoms with E-state index in [1.807, 2.05) is 42.5 Å². The van der Waals surface area contributed by atoms with Gasteiger partial charge in [-0.15, -0.1) is 0 Å². The number of nitrogens with zero attached hydrogens (tertiary/aromatic N) is 4. The SMILES string of the molecule is O=C(CCn1cnc2c(-c3ccccc3)noc2c1=O)NCc1cccnc1. The summed E-state index contributed by atoms with van der Waals surface area (Å²) in [5, 5.41) is 6.79. The number of rotatable bonds is 6. The highest BCUT2D eigenvalue weighted by Gasteiger charge is 2.16. The zero-order valence-corrected chi connectivity index (χ0v) is 14.9. The molecule has 0 radical (unpaired) electrons. The van der Waals surface area contributed by atoms with Gasteiger partial charge in [0.15, 0.2) is 0 Å². The molecule has 28 heavy (non-hydrogen) atoms. The van der Waals surface area contributed by atoms with Crippen molar-refractivity contribution in [2.75, 3.05) is 0 Å². The summed E-state index contributed by atoms with van der Waals surface area (Å²) in [6.07, 6.45) is 4.93. The van der Waals surface area contributed by atoms with Crippen molar-refractivity contribution in [2.24, 2.45) is 0 Å². The number of aromatic nitrogens is 4. The van der Waals surface area contributed by atoms with Crippen molar-refractivity contribution in [1.29, 1.82) is 0 Å². The summed E-state index contributed by atoms with van der Waals surface area (Å²) in [5.74, 6) is -0.168. The Morgan fingerprint density at radius 3 is 2.79 bits per heavy atom. The number of pyridine rings is 1. The van der Waals surface area contributed by atoms with Gasteiger partial charge in [0, 0.05) is 37.5 Å². The molecule has 0 saturated heterocycles. The maximum atomic E-state index is 12.6. The van der Waals surface area contributed by atoms with Crippen LogP contribution in [-0.2, 0) is 17.9 Å². The molecule has 4 rings (SSSR count). The monoisotopic (exact) mass is 375 g/mol. The van der Waals surface area contributed by atoms with Gasteiger partial charge in [-0.3, -0.25) is 19.1 Å². The molecule has 1 aromatic carbocycles. The minimum atomic E-state index is -0.361. The summed E-state index contributed by atoms with van der Waals surface area (Å²) in [4.78, 5) is 33.0. The lowest BCUT2D eigenvalue weighted by Crippen LogP contribution is -2.27. The average Bonchev–Trinajstić information content (AvgIpc) is 3.18. The van der Waals surface area contributed by atoms with Crippen molar-refractivity contribution < 1.29 is 9.32 Å². The highest BCUT2D eigenvalue weighted by atomic mass is 16.5. The van der Waals surface area contributed by atoms with Crippen LogP contribution in [-0.4, -0.2) is 25.6 Å². The van der Waals surface area contributed by atoms with Crippen molar-refractivity contribution in [3.63, 3.8) is 0 Å². The predicted molar refractivity (Wildman–Crippen MR) is 102 cm³/mol. The summed E-state index contributed by atoms with van der Waals surface area (Å²) >= 11 is 0. The van der Waals surface area contributed by atoms with Gasteiger partial charge in [-0.25, -0.2) is 4.98 Å². The van der Waals surface area contributed by atoms with E-state index in [-0.39, 0.29) is 30.0 Å². The lowest BCUT2D eigenvalue weighted by molar-refractivity contribution is -0.121. The van der Waals surface area contributed by atoms with Crippen LogP contribution < -0.4 is 10.9 Å². The smallest absolute Gasteiger partial charge is 0.299 e. The second-order valence-corrected chi connectivity index (χ2v) is 6.21. The number of carbonyl (C=O) groups excluding carboxylic acids is 1. The molecule has 1 N–H and O–H groups in total. The maximum Gasteiger partial charge on any atom is 0.299 e. The predicted octanol–water partition coefficient (Wildman–Crippen LogP) is 2.15. The molecule has 4 aromatic rings. The van der Waals surface area contributed by atoms with E-state index >= 15 is 0 Å². The van der Waals surface area contributed by atoms with Crippen molar-refractivity contribution in [3.8, 4) is 11.3 Å². The van der Waals surface area contributed by atoms with Crippen LogP contribution in [0.5, 0.6) is 0 Å². The molecule has 0 aliphatic heterocycles. The number of hydrogen-bond acceptors (Lipinski definition) is 6. The summed E-state index contributed by atoms with van der Waals surface area (Å²) in [7, 11) is 0. The highest BCUT2D eigenvalue weighted by molar-refractivity contribution is 5.87. The number of aryl methyl sites for hydroxylation is 1. The Morgan fingerprint density at radius 2 is 2.00 bits per heavy atom. The second kappa shape index (κ2) is 7.83. The molecule has 0 aliphatic rings. The van der Waals surface area contributed by atoms with Gasteiger partial charge < -0.3 is 9.84 Å². The molecule has 0 saturated carbocycles. The van der Waals surface area contributed by atoms with E-state index in [4.69, 9.17) is 4.52 Å². The summed E-state index contributed by atoms with van der Waals surface area (Å²) < 4.78 is 6.59. The van der Waals surface area contributed by atoms with Crippen LogP contribution in [0.2, 0.25) is 0 Å². The number of amides is 1. The minimum Gasteiger partial charge on any atom is -0.352 e. The second-order valence-electron chi connectivity index (χ2n) is 6.21. The van der Waals surface area contributed by atoms with E-state index in [9.17, 15) is 9.59 Å². The molecule has 1 amide bonds. The van der Waals surface area contributed by atoms with Gasteiger partial charge in [0.2, 0.25) is 5.91 Å². The summed E-state index contributed by atoms with van der Waals surface area (Å²) in [6.45, 7) is 0.587. The summed E-state index contributed by atoms with van der Waals surface area (Å²) in [6, 6.07) is 13.1. The minimum absolute atomic E-state index is 0.0807. The Hall–Kier alpha value is -3.81. The van der Waals surface area contributed by atoms with E-state index in [2.05, 4.69) is 20.4 Å². The van der Waals surface area contributed by atoms with Crippen LogP contribution in [0.15, 0.2) is 70.5 Å². The first-order valence-electron chi connectivity index (χ1n) is 8.78. The van der Waals surface area contributed by atoms with Crippen molar-refractivity contribution in [2.45, 2.75) is 19.5 Å². The first-order valence-corrected chi connectivity index (χ1v) is 8.78. The Balaban J connectivity index is 1.45. The Kier molecular flexibility index (Phi) is 4.92. The van der Waals surface area contributed by atoms with Crippen molar-refractivity contribution in [3.05, 3.63) is 77.1 Å². The highest BCUT2D eigenvalue weighted by Crippen LogP contribution is 2.23. The van der Waals surface area contributed by atoms with E-state index in [0.29, 0.717) is 17.8 Å². The largest absolute Gasteiger partial charge is 0.352 e. The molecule has 140 valence electrons. The van der Waals surface area contributed by atoms with Crippen LogP contribution in [0.25, 0.3) is 22.4 Å². The van der Waals surface area contributed by atoms with Crippen LogP contribution >= 0.6 is 0 Å². The van der Waals surface area contributed by atoms with Gasteiger partial charge in [-0.1, -0.05) is 41.6 Å². The van der Waals surface area contributed by atoms with E-state index in [0.717, 1.165) is 11.1 Å². The Morgan fingerprint density at radius 1 is 1.14 bits per heavy atom. The molecular formula is C20H17N5O3. The molecule has 0 atom stereocenters. The van der Waals surface area contributed by atoms with Gasteiger partial charge in [0.05, 0.1) is 6.33 Å². The quantitative estimate of drug-likeness (QED) is 0.554. The Labute approximate surface area is 159 Å². The number of carbonyl (C=O) groups is 1. The molecule has 8 nitrogen and oxygen atoms in total. The first kappa shape index (κ1) is 17.6. The topological polar surface area (TPSA) is 103 Å². The number of nitrogens with one attached hydrogen (secondary N) is 1. The van der Waals surface area contributed by atoms with E-state index < -0.39 is 0 Å². The Bertz CT molecular complexity index is 1150. The third-order valence-corrected chi connectivity index (χ3v) is 4.29. The number of fused-ring (bicyclic) bond motifs is 1. The van der Waals surface area contributed by atoms with Gasteiger partial charge in [-0.05, 0) is 11.6 Å². The third-order valence-electron chi connectivity index (χ3n) is 4.29. The fraction of sp³-hybridized carbons (Fsp3) is 0.150. The zero-order valence-electron chi connectivity index (χ0n) is 14.9. The normalized spacial score (nSPS) is 10.9. The van der Waals surface area contributed by atoms with Crippen LogP contribution in [0, 0.1) is 0 Å². The van der Waals surface area contributed by atoms with Gasteiger partial charge in [0.25, 0.3) is 11.1 Å². The first-order chi connectivity index (χ1) is 13.7. The standard InChI is InChI=1S/C20H17N5O3/c26-16(22-12-14-5-4-9-21-11-14)8-10-25-13-23-18-17(15-6-2-1-3-7-15)24-28-19(18)20(25)27/h1-7,9,11,13H,8,10,12H2,(H,22,26). The fourth-order valence-electron chi connectivity index (χ4n) is 2.81. The van der Waals surface area contributed by atoms with Crippen LogP contribution in [0.3, 0.4) is 0 Å². The van der Waals surface area contributed by atoms with Gasteiger partial charge >= 0.3 is 0 Å². The van der Waals surface area contributed by atoms with Gasteiger partial charge in [0.1, 0.15) is 11.2 Å². The molecule has 3 aromatic heterocycles. The molecule has 0 bridgehead atoms. The molecule has 0 fully saturated rings. The van der Waals surface area contributed by atoms with Crippen molar-refractivity contribution in [1.82, 2.24) is 25.0 Å². The van der Waals surface area contributed by atoms with Crippen LogP contribution in [0.1, 0.15) is 12.0 Å². The number of hydrogen-bond donors (Lipinski definition) is 1. The third kappa shape index (κ3) is 3.66. The van der Waals surface area contributed by atoms with E-state index in [1.54, 1.807) is 12.4 Å². The lowest BCUT2D eigenvalue weighted by atomic mass is 10.1. The molecule has 0 unspecified atom stereocenters. The van der Waals surface area contributed by atoms with Crippen molar-refractivity contribution >= 4 is 17.0 Å². The molecule has 0 spiro atoms. The maximum absolute atomic E-state index is 12.6. The molecule has 3 heterocycles. The van der Waals surface area contributed by atoms with Crippen LogP contribution in [0.4, 0.5) is 0 Å². The number of benzene rings is 1.